The van der Waals surface area contributed by atoms with Gasteiger partial charge in [-0.1, -0.05) is 18.2 Å². The quantitative estimate of drug-likeness (QED) is 0.823. The van der Waals surface area contributed by atoms with E-state index in [0.29, 0.717) is 11.1 Å². The second-order valence-electron chi connectivity index (χ2n) is 3.85. The first-order chi connectivity index (χ1) is 7.93. The largest absolute Gasteiger partial charge is 0.416 e. The lowest BCUT2D eigenvalue weighted by molar-refractivity contribution is -0.137. The first-order valence-electron chi connectivity index (χ1n) is 5.03. The van der Waals surface area contributed by atoms with E-state index in [1.165, 1.54) is 19.3 Å². The maximum Gasteiger partial charge on any atom is 0.416 e. The average Bonchev–Trinajstić information content (AvgIpc) is 2.28. The topological polar surface area (TPSA) is 29.5 Å². The lowest BCUT2D eigenvalue weighted by atomic mass is 9.91. The summed E-state index contributed by atoms with van der Waals surface area (Å²) in [4.78, 5) is 0. The van der Waals surface area contributed by atoms with Gasteiger partial charge in [0.2, 0.25) is 0 Å². The lowest BCUT2D eigenvalue weighted by Gasteiger charge is -2.25. The fraction of sp³-hybridized carbons (Fsp3) is 0.333. The van der Waals surface area contributed by atoms with E-state index in [1.54, 1.807) is 6.08 Å². The summed E-state index contributed by atoms with van der Waals surface area (Å²) in [6.07, 6.45) is -2.73. The van der Waals surface area contributed by atoms with Crippen LogP contribution in [0.25, 0.3) is 6.08 Å². The molecule has 0 unspecified atom stereocenters. The Morgan fingerprint density at radius 1 is 1.29 bits per heavy atom. The number of fused-ring (bicyclic) bond motifs is 1. The van der Waals surface area contributed by atoms with Gasteiger partial charge in [-0.05, 0) is 23.3 Å². The number of hydrogen-bond acceptors (Lipinski definition) is 2. The Balaban J connectivity index is 2.43. The molecular weight excluding hydrogens is 233 g/mol. The van der Waals surface area contributed by atoms with Gasteiger partial charge in [0.15, 0.2) is 0 Å². The number of rotatable bonds is 1. The molecular formula is C12H11F3O2. The maximum absolute atomic E-state index is 12.5. The van der Waals surface area contributed by atoms with Crippen LogP contribution in [0.1, 0.15) is 22.8 Å². The predicted octanol–water partition coefficient (Wildman–Crippen LogP) is 2.78. The Labute approximate surface area is 96.3 Å². The molecule has 0 radical (unpaired) electrons. The van der Waals surface area contributed by atoms with E-state index in [1.807, 2.05) is 0 Å². The molecule has 0 spiro atoms. The van der Waals surface area contributed by atoms with Crippen LogP contribution in [0.2, 0.25) is 0 Å². The summed E-state index contributed by atoms with van der Waals surface area (Å²) in [5, 5.41) is 9.86. The van der Waals surface area contributed by atoms with Gasteiger partial charge in [0.1, 0.15) is 12.2 Å². The molecule has 2 nitrogen and oxygen atoms in total. The van der Waals surface area contributed by atoms with E-state index in [9.17, 15) is 18.3 Å². The standard InChI is InChI=1S/C12H11F3O2/c1-17-10-5-2-7-6-8(12(13,14)15)3-4-9(7)11(10)16/h2-6,10-11,16H,1H3/t10-,11-/m0/s1. The van der Waals surface area contributed by atoms with Crippen LogP contribution in [0.5, 0.6) is 0 Å². The van der Waals surface area contributed by atoms with Gasteiger partial charge in [0, 0.05) is 7.11 Å². The zero-order valence-electron chi connectivity index (χ0n) is 9.03. The molecule has 92 valence electrons. The van der Waals surface area contributed by atoms with Crippen molar-refractivity contribution in [2.45, 2.75) is 18.4 Å². The van der Waals surface area contributed by atoms with Crippen LogP contribution in [-0.2, 0) is 10.9 Å². The van der Waals surface area contributed by atoms with Gasteiger partial charge < -0.3 is 9.84 Å². The average molecular weight is 244 g/mol. The highest BCUT2D eigenvalue weighted by molar-refractivity contribution is 5.59. The Morgan fingerprint density at radius 2 is 2.00 bits per heavy atom. The smallest absolute Gasteiger partial charge is 0.385 e. The summed E-state index contributed by atoms with van der Waals surface area (Å²) in [6.45, 7) is 0. The molecule has 5 heteroatoms. The maximum atomic E-state index is 12.5. The second kappa shape index (κ2) is 4.16. The molecule has 1 aliphatic rings. The van der Waals surface area contributed by atoms with Crippen LogP contribution in [0.15, 0.2) is 24.3 Å². The van der Waals surface area contributed by atoms with Gasteiger partial charge in [-0.3, -0.25) is 0 Å². The van der Waals surface area contributed by atoms with Gasteiger partial charge in [0.05, 0.1) is 5.56 Å². The molecule has 1 aromatic carbocycles. The number of alkyl halides is 3. The van der Waals surface area contributed by atoms with Crippen molar-refractivity contribution in [1.29, 1.82) is 0 Å². The molecule has 0 saturated carbocycles. The lowest BCUT2D eigenvalue weighted by Crippen LogP contribution is -2.22. The minimum absolute atomic E-state index is 0.376. The second-order valence-corrected chi connectivity index (χ2v) is 3.85. The molecule has 0 aromatic heterocycles. The third-order valence-corrected chi connectivity index (χ3v) is 2.78. The van der Waals surface area contributed by atoms with Gasteiger partial charge in [-0.15, -0.1) is 0 Å². The molecule has 0 amide bonds. The van der Waals surface area contributed by atoms with E-state index < -0.39 is 23.9 Å². The summed E-state index contributed by atoms with van der Waals surface area (Å²) in [5.74, 6) is 0. The fourth-order valence-corrected chi connectivity index (χ4v) is 1.85. The van der Waals surface area contributed by atoms with Crippen molar-refractivity contribution in [3.05, 3.63) is 41.0 Å². The van der Waals surface area contributed by atoms with Crippen molar-refractivity contribution < 1.29 is 23.0 Å². The van der Waals surface area contributed by atoms with Gasteiger partial charge in [-0.2, -0.15) is 13.2 Å². The zero-order chi connectivity index (χ0) is 12.6. The molecule has 1 N–H and O–H groups in total. The van der Waals surface area contributed by atoms with Gasteiger partial charge >= 0.3 is 6.18 Å². The number of aliphatic hydroxyl groups excluding tert-OH is 1. The number of methoxy groups -OCH3 is 1. The SMILES string of the molecule is CO[C@H]1C=Cc2cc(C(F)(F)F)ccc2[C@@H]1O. The molecule has 0 fully saturated rings. The van der Waals surface area contributed by atoms with Crippen LogP contribution >= 0.6 is 0 Å². The molecule has 1 aromatic rings. The molecule has 2 rings (SSSR count). The molecule has 0 heterocycles. The predicted molar refractivity (Wildman–Crippen MR) is 56.2 cm³/mol. The van der Waals surface area contributed by atoms with Crippen molar-refractivity contribution in [2.75, 3.05) is 7.11 Å². The Kier molecular flexibility index (Phi) is 2.97. The normalized spacial score (nSPS) is 23.6. The zero-order valence-corrected chi connectivity index (χ0v) is 9.03. The van der Waals surface area contributed by atoms with Crippen LogP contribution < -0.4 is 0 Å². The number of hydrogen-bond donors (Lipinski definition) is 1. The monoisotopic (exact) mass is 244 g/mol. The van der Waals surface area contributed by atoms with E-state index in [-0.39, 0.29) is 0 Å². The van der Waals surface area contributed by atoms with Gasteiger partial charge in [-0.25, -0.2) is 0 Å². The summed E-state index contributed by atoms with van der Waals surface area (Å²) in [5.41, 5.74) is 0.108. The first-order valence-corrected chi connectivity index (χ1v) is 5.03. The van der Waals surface area contributed by atoms with Crippen molar-refractivity contribution in [1.82, 2.24) is 0 Å². The first kappa shape index (κ1) is 12.1. The number of benzene rings is 1. The molecule has 0 aliphatic heterocycles. The molecule has 0 saturated heterocycles. The van der Waals surface area contributed by atoms with Crippen LogP contribution in [0.4, 0.5) is 13.2 Å². The van der Waals surface area contributed by atoms with E-state index >= 15 is 0 Å². The third-order valence-electron chi connectivity index (χ3n) is 2.78. The number of aliphatic hydroxyl groups is 1. The van der Waals surface area contributed by atoms with E-state index in [4.69, 9.17) is 4.74 Å². The minimum atomic E-state index is -4.37. The molecule has 2 atom stereocenters. The van der Waals surface area contributed by atoms with Gasteiger partial charge in [0.25, 0.3) is 0 Å². The summed E-state index contributed by atoms with van der Waals surface area (Å²) >= 11 is 0. The number of halogens is 3. The van der Waals surface area contributed by atoms with Crippen LogP contribution in [0, 0.1) is 0 Å². The molecule has 1 aliphatic carbocycles. The van der Waals surface area contributed by atoms with Crippen LogP contribution in [0.3, 0.4) is 0 Å². The van der Waals surface area contributed by atoms with Crippen molar-refractivity contribution in [3.63, 3.8) is 0 Å². The summed E-state index contributed by atoms with van der Waals surface area (Å²) < 4.78 is 42.5. The highest BCUT2D eigenvalue weighted by Crippen LogP contribution is 2.35. The minimum Gasteiger partial charge on any atom is -0.385 e. The van der Waals surface area contributed by atoms with Crippen molar-refractivity contribution in [3.8, 4) is 0 Å². The van der Waals surface area contributed by atoms with E-state index in [0.717, 1.165) is 12.1 Å². The highest BCUT2D eigenvalue weighted by Gasteiger charge is 2.32. The highest BCUT2D eigenvalue weighted by atomic mass is 19.4. The fourth-order valence-electron chi connectivity index (χ4n) is 1.85. The number of ether oxygens (including phenoxy) is 1. The molecule has 17 heavy (non-hydrogen) atoms. The van der Waals surface area contributed by atoms with Crippen molar-refractivity contribution in [2.24, 2.45) is 0 Å². The Morgan fingerprint density at radius 3 is 2.59 bits per heavy atom. The van der Waals surface area contributed by atoms with Crippen molar-refractivity contribution >= 4 is 6.08 Å². The van der Waals surface area contributed by atoms with Crippen LogP contribution in [-0.4, -0.2) is 18.3 Å². The van der Waals surface area contributed by atoms with E-state index in [2.05, 4.69) is 0 Å². The summed E-state index contributed by atoms with van der Waals surface area (Å²) in [6, 6.07) is 3.28. The third kappa shape index (κ3) is 2.21. The molecule has 0 bridgehead atoms. The Bertz CT molecular complexity index is 452. The Hall–Kier alpha value is -1.33. The summed E-state index contributed by atoms with van der Waals surface area (Å²) in [7, 11) is 1.44.